The Balaban J connectivity index is 1.37. The minimum atomic E-state index is -0.658. The first-order chi connectivity index (χ1) is 16.8. The van der Waals surface area contributed by atoms with Gasteiger partial charge in [0.2, 0.25) is 0 Å². The predicted molar refractivity (Wildman–Crippen MR) is 130 cm³/mol. The Bertz CT molecular complexity index is 1280. The Labute approximate surface area is 212 Å². The zero-order valence-electron chi connectivity index (χ0n) is 18.9. The van der Waals surface area contributed by atoms with E-state index in [9.17, 15) is 19.2 Å². The third-order valence-electron chi connectivity index (χ3n) is 7.95. The Morgan fingerprint density at radius 3 is 2.03 bits per heavy atom. The number of benzene rings is 2. The first-order valence-corrected chi connectivity index (χ1v) is 12.4. The highest BCUT2D eigenvalue weighted by Gasteiger charge is 2.68. The van der Waals surface area contributed by atoms with Crippen LogP contribution in [0.2, 0.25) is 10.0 Å². The smallest absolute Gasteiger partial charge is 0.273 e. The van der Waals surface area contributed by atoms with E-state index in [0.29, 0.717) is 17.4 Å². The van der Waals surface area contributed by atoms with Gasteiger partial charge in [0.1, 0.15) is 6.54 Å². The number of hydrazine groups is 1. The molecule has 6 nitrogen and oxygen atoms in total. The lowest BCUT2D eigenvalue weighted by Gasteiger charge is -2.37. The van der Waals surface area contributed by atoms with Gasteiger partial charge in [-0.3, -0.25) is 19.2 Å². The standard InChI is InChI=1S/C27H22Cl2N2O4/c1-13-2-4-14(5-3-13)22(32)12-30(25(33)15-6-9-20(28)21(29)10-15)31-26(34)23-16-7-8-17(19-11-18(16)19)24(23)27(31)35/h2-10,16-19,23-24H,11-12H2,1H3/t16-,17-,18-,19+,23+,24+/m1/s1. The van der Waals surface area contributed by atoms with Gasteiger partial charge in [0.25, 0.3) is 17.7 Å². The van der Waals surface area contributed by atoms with Crippen LogP contribution in [0.25, 0.3) is 0 Å². The van der Waals surface area contributed by atoms with Crippen LogP contribution in [0.1, 0.15) is 32.7 Å². The molecule has 0 spiro atoms. The van der Waals surface area contributed by atoms with E-state index in [1.165, 1.54) is 18.2 Å². The number of carbonyl (C=O) groups excluding carboxylic acids is 4. The average molecular weight is 509 g/mol. The van der Waals surface area contributed by atoms with Gasteiger partial charge in [-0.15, -0.1) is 0 Å². The molecule has 0 aromatic heterocycles. The van der Waals surface area contributed by atoms with Crippen LogP contribution < -0.4 is 0 Å². The number of imide groups is 1. The molecule has 2 aromatic carbocycles. The van der Waals surface area contributed by atoms with Crippen LogP contribution in [-0.2, 0) is 9.59 Å². The van der Waals surface area contributed by atoms with Gasteiger partial charge >= 0.3 is 0 Å². The molecule has 6 atom stereocenters. The fourth-order valence-corrected chi connectivity index (χ4v) is 6.46. The van der Waals surface area contributed by atoms with Crippen molar-refractivity contribution in [2.45, 2.75) is 13.3 Å². The molecule has 178 valence electrons. The third kappa shape index (κ3) is 3.46. The molecule has 35 heavy (non-hydrogen) atoms. The van der Waals surface area contributed by atoms with Crippen LogP contribution in [0.4, 0.5) is 0 Å². The number of ketones is 1. The number of Topliss-reactive ketones (excluding diaryl/α,β-unsaturated/α-hetero) is 1. The van der Waals surface area contributed by atoms with E-state index in [0.717, 1.165) is 22.0 Å². The van der Waals surface area contributed by atoms with Crippen molar-refractivity contribution in [2.75, 3.05) is 6.54 Å². The van der Waals surface area contributed by atoms with Gasteiger partial charge in [0.15, 0.2) is 5.78 Å². The molecule has 4 aliphatic carbocycles. The summed E-state index contributed by atoms with van der Waals surface area (Å²) in [4.78, 5) is 54.2. The molecular weight excluding hydrogens is 487 g/mol. The van der Waals surface area contributed by atoms with E-state index in [-0.39, 0.29) is 33.2 Å². The number of aryl methyl sites for hydroxylation is 1. The van der Waals surface area contributed by atoms with Crippen LogP contribution in [0.15, 0.2) is 54.6 Å². The summed E-state index contributed by atoms with van der Waals surface area (Å²) in [6, 6.07) is 11.3. The lowest BCUT2D eigenvalue weighted by atomic mass is 9.63. The minimum Gasteiger partial charge on any atom is -0.292 e. The number of rotatable bonds is 5. The Hall–Kier alpha value is -2.96. The Kier molecular flexibility index (Phi) is 5.17. The number of hydrogen-bond donors (Lipinski definition) is 0. The van der Waals surface area contributed by atoms with Crippen LogP contribution in [0, 0.1) is 42.4 Å². The topological polar surface area (TPSA) is 74.8 Å². The second-order valence-corrected chi connectivity index (χ2v) is 10.7. The van der Waals surface area contributed by atoms with Crippen molar-refractivity contribution in [3.8, 4) is 0 Å². The minimum absolute atomic E-state index is 0.00572. The summed E-state index contributed by atoms with van der Waals surface area (Å²) in [6.07, 6.45) is 5.17. The lowest BCUT2D eigenvalue weighted by Crippen LogP contribution is -2.52. The predicted octanol–water partition coefficient (Wildman–Crippen LogP) is 4.60. The van der Waals surface area contributed by atoms with E-state index in [2.05, 4.69) is 12.2 Å². The molecule has 0 radical (unpaired) electrons. The number of amides is 3. The van der Waals surface area contributed by atoms with Gasteiger partial charge in [-0.05, 0) is 55.2 Å². The second kappa shape index (κ2) is 8.04. The van der Waals surface area contributed by atoms with Crippen molar-refractivity contribution in [3.05, 3.63) is 81.4 Å². The number of carbonyl (C=O) groups is 4. The molecule has 2 bridgehead atoms. The summed E-state index contributed by atoms with van der Waals surface area (Å²) in [5.74, 6) is -1.96. The van der Waals surface area contributed by atoms with Crippen molar-refractivity contribution in [1.29, 1.82) is 0 Å². The van der Waals surface area contributed by atoms with E-state index >= 15 is 0 Å². The number of halogens is 2. The Morgan fingerprint density at radius 2 is 1.46 bits per heavy atom. The largest absolute Gasteiger partial charge is 0.292 e. The van der Waals surface area contributed by atoms with Crippen molar-refractivity contribution in [1.82, 2.24) is 10.0 Å². The van der Waals surface area contributed by atoms with E-state index in [4.69, 9.17) is 23.2 Å². The number of nitrogens with zero attached hydrogens (tertiary/aromatic N) is 2. The monoisotopic (exact) mass is 508 g/mol. The zero-order valence-corrected chi connectivity index (χ0v) is 20.4. The molecule has 2 saturated carbocycles. The molecule has 1 saturated heterocycles. The summed E-state index contributed by atoms with van der Waals surface area (Å²) < 4.78 is 0. The van der Waals surface area contributed by atoms with Crippen molar-refractivity contribution < 1.29 is 19.2 Å². The highest BCUT2D eigenvalue weighted by atomic mass is 35.5. The molecule has 3 amide bonds. The molecule has 7 rings (SSSR count). The third-order valence-corrected chi connectivity index (χ3v) is 8.69. The molecule has 0 N–H and O–H groups in total. The quantitative estimate of drug-likeness (QED) is 0.336. The average Bonchev–Trinajstić information content (AvgIpc) is 3.63. The van der Waals surface area contributed by atoms with Gasteiger partial charge in [0.05, 0.1) is 21.9 Å². The molecule has 0 unspecified atom stereocenters. The summed E-state index contributed by atoms with van der Waals surface area (Å²) in [5, 5.41) is 2.36. The van der Waals surface area contributed by atoms with Crippen LogP contribution in [0.5, 0.6) is 0 Å². The number of hydrogen-bond acceptors (Lipinski definition) is 4. The van der Waals surface area contributed by atoms with Crippen LogP contribution in [-0.4, -0.2) is 40.1 Å². The molecule has 5 aliphatic rings. The van der Waals surface area contributed by atoms with Gasteiger partial charge in [-0.1, -0.05) is 65.2 Å². The van der Waals surface area contributed by atoms with Crippen LogP contribution >= 0.6 is 23.2 Å². The molecule has 8 heteroatoms. The first kappa shape index (κ1) is 22.5. The molecular formula is C27H22Cl2N2O4. The first-order valence-electron chi connectivity index (χ1n) is 11.7. The van der Waals surface area contributed by atoms with Crippen molar-refractivity contribution in [2.24, 2.45) is 35.5 Å². The highest BCUT2D eigenvalue weighted by molar-refractivity contribution is 6.42. The van der Waals surface area contributed by atoms with E-state index < -0.39 is 36.1 Å². The maximum atomic E-state index is 13.7. The zero-order chi connectivity index (χ0) is 24.6. The lowest BCUT2D eigenvalue weighted by molar-refractivity contribution is -0.154. The van der Waals surface area contributed by atoms with Gasteiger partial charge in [-0.25, -0.2) is 5.01 Å². The summed E-state index contributed by atoms with van der Waals surface area (Å²) in [5.41, 5.74) is 1.51. The molecule has 3 fully saturated rings. The highest BCUT2D eigenvalue weighted by Crippen LogP contribution is 2.65. The van der Waals surface area contributed by atoms with Crippen molar-refractivity contribution in [3.63, 3.8) is 0 Å². The van der Waals surface area contributed by atoms with Gasteiger partial charge in [-0.2, -0.15) is 5.01 Å². The van der Waals surface area contributed by atoms with Crippen molar-refractivity contribution >= 4 is 46.7 Å². The van der Waals surface area contributed by atoms with E-state index in [1.807, 2.05) is 6.92 Å². The molecule has 2 aromatic rings. The number of allylic oxidation sites excluding steroid dienone is 2. The van der Waals surface area contributed by atoms with Gasteiger partial charge in [0, 0.05) is 11.1 Å². The van der Waals surface area contributed by atoms with Gasteiger partial charge < -0.3 is 0 Å². The fourth-order valence-electron chi connectivity index (χ4n) is 6.16. The molecule has 1 aliphatic heterocycles. The summed E-state index contributed by atoms with van der Waals surface area (Å²) in [6.45, 7) is 1.46. The Morgan fingerprint density at radius 1 is 0.886 bits per heavy atom. The summed E-state index contributed by atoms with van der Waals surface area (Å²) in [7, 11) is 0. The fraction of sp³-hybridized carbons (Fsp3) is 0.333. The van der Waals surface area contributed by atoms with Crippen LogP contribution in [0.3, 0.4) is 0 Å². The maximum absolute atomic E-state index is 13.7. The molecule has 1 heterocycles. The summed E-state index contributed by atoms with van der Waals surface area (Å²) >= 11 is 12.2. The normalized spacial score (nSPS) is 29.7. The SMILES string of the molecule is Cc1ccc(C(=O)CN(C(=O)c2ccc(Cl)c(Cl)c2)N2C(=O)[C@H]3[C@@H]4C=C[C@H]([C@@H]5C[C@H]45)[C@@H]3C2=O)cc1. The second-order valence-electron chi connectivity index (χ2n) is 9.92. The maximum Gasteiger partial charge on any atom is 0.273 e. The van der Waals surface area contributed by atoms with E-state index in [1.54, 1.807) is 24.3 Å².